The molecule has 0 saturated heterocycles. The van der Waals surface area contributed by atoms with Crippen molar-refractivity contribution in [2.45, 2.75) is 6.54 Å². The Morgan fingerprint density at radius 1 is 1.06 bits per heavy atom. The van der Waals surface area contributed by atoms with Crippen LogP contribution >= 0.6 is 11.6 Å². The molecule has 1 nitrogen and oxygen atoms in total. The fraction of sp³-hybridized carbons (Fsp3) is 0.0769. The van der Waals surface area contributed by atoms with E-state index in [2.05, 4.69) is 5.32 Å². The van der Waals surface area contributed by atoms with Gasteiger partial charge in [0.15, 0.2) is 0 Å². The van der Waals surface area contributed by atoms with Crippen LogP contribution in [0.15, 0.2) is 42.5 Å². The van der Waals surface area contributed by atoms with Crippen LogP contribution in [0.5, 0.6) is 0 Å². The van der Waals surface area contributed by atoms with Crippen LogP contribution < -0.4 is 5.32 Å². The summed E-state index contributed by atoms with van der Waals surface area (Å²) in [5.74, 6) is -0.966. The molecule has 0 aliphatic heterocycles. The molecule has 0 aliphatic rings. The van der Waals surface area contributed by atoms with Crippen LogP contribution in [-0.2, 0) is 6.54 Å². The summed E-state index contributed by atoms with van der Waals surface area (Å²) in [6.45, 7) is 0.347. The molecule has 2 aromatic rings. The van der Waals surface area contributed by atoms with E-state index in [4.69, 9.17) is 11.6 Å². The van der Waals surface area contributed by atoms with Gasteiger partial charge in [-0.3, -0.25) is 0 Å². The van der Waals surface area contributed by atoms with E-state index in [9.17, 15) is 8.78 Å². The van der Waals surface area contributed by atoms with Crippen LogP contribution in [0.4, 0.5) is 14.5 Å². The summed E-state index contributed by atoms with van der Waals surface area (Å²) in [5, 5.41) is 3.41. The highest BCUT2D eigenvalue weighted by Crippen LogP contribution is 2.19. The second-order valence-electron chi connectivity index (χ2n) is 3.57. The summed E-state index contributed by atoms with van der Waals surface area (Å²) in [5.41, 5.74) is 0.961. The Balaban J connectivity index is 2.12. The Kier molecular flexibility index (Phi) is 3.59. The summed E-state index contributed by atoms with van der Waals surface area (Å²) in [6.07, 6.45) is 0. The topological polar surface area (TPSA) is 12.0 Å². The lowest BCUT2D eigenvalue weighted by Crippen LogP contribution is -2.02. The minimum absolute atomic E-state index is 0.130. The first kappa shape index (κ1) is 11.9. The Hall–Kier alpha value is -1.61. The SMILES string of the molecule is Fc1ccc(F)c(NCc2ccccc2Cl)c1. The molecule has 0 radical (unpaired) electrons. The molecule has 2 aromatic carbocycles. The highest BCUT2D eigenvalue weighted by Gasteiger charge is 2.04. The second kappa shape index (κ2) is 5.15. The number of hydrogen-bond donors (Lipinski definition) is 1. The molecule has 0 atom stereocenters. The van der Waals surface area contributed by atoms with Crippen molar-refractivity contribution in [2.75, 3.05) is 5.32 Å². The van der Waals surface area contributed by atoms with Gasteiger partial charge in [-0.05, 0) is 29.8 Å². The molecule has 0 spiro atoms. The van der Waals surface area contributed by atoms with Crippen molar-refractivity contribution in [2.24, 2.45) is 0 Å². The summed E-state index contributed by atoms with van der Waals surface area (Å²) >= 11 is 5.95. The van der Waals surface area contributed by atoms with E-state index in [0.29, 0.717) is 11.6 Å². The van der Waals surface area contributed by atoms with E-state index >= 15 is 0 Å². The molecule has 88 valence electrons. The average molecular weight is 254 g/mol. The first-order valence-electron chi connectivity index (χ1n) is 5.09. The first-order chi connectivity index (χ1) is 8.16. The number of anilines is 1. The molecule has 0 unspecified atom stereocenters. The zero-order chi connectivity index (χ0) is 12.3. The van der Waals surface area contributed by atoms with E-state index in [0.717, 1.165) is 23.8 Å². The van der Waals surface area contributed by atoms with Crippen LogP contribution in [-0.4, -0.2) is 0 Å². The van der Waals surface area contributed by atoms with Crippen LogP contribution in [0.1, 0.15) is 5.56 Å². The molecule has 17 heavy (non-hydrogen) atoms. The molecule has 0 fully saturated rings. The molecule has 0 amide bonds. The maximum atomic E-state index is 13.3. The van der Waals surface area contributed by atoms with Crippen LogP contribution in [0, 0.1) is 11.6 Å². The second-order valence-corrected chi connectivity index (χ2v) is 3.98. The zero-order valence-electron chi connectivity index (χ0n) is 8.88. The normalized spacial score (nSPS) is 10.3. The molecular formula is C13H10ClF2N. The Morgan fingerprint density at radius 2 is 1.82 bits per heavy atom. The van der Waals surface area contributed by atoms with Gasteiger partial charge in [-0.2, -0.15) is 0 Å². The van der Waals surface area contributed by atoms with Crippen molar-refractivity contribution in [1.29, 1.82) is 0 Å². The predicted octanol–water partition coefficient (Wildman–Crippen LogP) is 4.23. The maximum absolute atomic E-state index is 13.3. The van der Waals surface area contributed by atoms with E-state index in [-0.39, 0.29) is 5.69 Å². The zero-order valence-corrected chi connectivity index (χ0v) is 9.64. The number of nitrogens with one attached hydrogen (secondary N) is 1. The number of halogens is 3. The highest BCUT2D eigenvalue weighted by molar-refractivity contribution is 6.31. The fourth-order valence-corrected chi connectivity index (χ4v) is 1.67. The quantitative estimate of drug-likeness (QED) is 0.863. The lowest BCUT2D eigenvalue weighted by molar-refractivity contribution is 0.602. The van der Waals surface area contributed by atoms with Gasteiger partial charge in [0.2, 0.25) is 0 Å². The highest BCUT2D eigenvalue weighted by atomic mass is 35.5. The minimum Gasteiger partial charge on any atom is -0.378 e. The van der Waals surface area contributed by atoms with Gasteiger partial charge in [-0.1, -0.05) is 29.8 Å². The first-order valence-corrected chi connectivity index (χ1v) is 5.47. The van der Waals surface area contributed by atoms with E-state index in [1.807, 2.05) is 18.2 Å². The van der Waals surface area contributed by atoms with Crippen LogP contribution in [0.25, 0.3) is 0 Å². The fourth-order valence-electron chi connectivity index (χ4n) is 1.47. The van der Waals surface area contributed by atoms with E-state index < -0.39 is 11.6 Å². The van der Waals surface area contributed by atoms with Crippen molar-refractivity contribution in [3.8, 4) is 0 Å². The van der Waals surface area contributed by atoms with Gasteiger partial charge in [0.25, 0.3) is 0 Å². The standard InChI is InChI=1S/C13H10ClF2N/c14-11-4-2-1-3-9(11)8-17-13-7-10(15)5-6-12(13)16/h1-7,17H,8H2. The Bertz CT molecular complexity index is 529. The lowest BCUT2D eigenvalue weighted by atomic mass is 10.2. The molecule has 0 aromatic heterocycles. The van der Waals surface area contributed by atoms with Crippen molar-refractivity contribution in [3.05, 3.63) is 64.7 Å². The van der Waals surface area contributed by atoms with Crippen LogP contribution in [0.2, 0.25) is 5.02 Å². The molecule has 1 N–H and O–H groups in total. The van der Waals surface area contributed by atoms with Crippen LogP contribution in [0.3, 0.4) is 0 Å². The molecular weight excluding hydrogens is 244 g/mol. The largest absolute Gasteiger partial charge is 0.378 e. The third-order valence-electron chi connectivity index (χ3n) is 2.36. The Labute approximate surface area is 103 Å². The van der Waals surface area contributed by atoms with Gasteiger partial charge in [-0.15, -0.1) is 0 Å². The van der Waals surface area contributed by atoms with Crippen molar-refractivity contribution in [3.63, 3.8) is 0 Å². The lowest BCUT2D eigenvalue weighted by Gasteiger charge is -2.08. The van der Waals surface area contributed by atoms with Crippen molar-refractivity contribution >= 4 is 17.3 Å². The maximum Gasteiger partial charge on any atom is 0.146 e. The molecule has 0 heterocycles. The summed E-state index contributed by atoms with van der Waals surface area (Å²) in [4.78, 5) is 0. The van der Waals surface area contributed by atoms with Gasteiger partial charge < -0.3 is 5.32 Å². The molecule has 0 saturated carbocycles. The third-order valence-corrected chi connectivity index (χ3v) is 2.72. The van der Waals surface area contributed by atoms with E-state index in [1.165, 1.54) is 0 Å². The van der Waals surface area contributed by atoms with Gasteiger partial charge in [0.1, 0.15) is 11.6 Å². The monoisotopic (exact) mass is 253 g/mol. The van der Waals surface area contributed by atoms with Gasteiger partial charge >= 0.3 is 0 Å². The van der Waals surface area contributed by atoms with Gasteiger partial charge in [0, 0.05) is 11.6 Å². The number of rotatable bonds is 3. The minimum atomic E-state index is -0.488. The van der Waals surface area contributed by atoms with Crippen molar-refractivity contribution in [1.82, 2.24) is 0 Å². The number of benzene rings is 2. The summed E-state index contributed by atoms with van der Waals surface area (Å²) < 4.78 is 26.2. The molecule has 0 aliphatic carbocycles. The van der Waals surface area contributed by atoms with Gasteiger partial charge in [0.05, 0.1) is 5.69 Å². The third kappa shape index (κ3) is 2.94. The molecule has 2 rings (SSSR count). The average Bonchev–Trinajstić information content (AvgIpc) is 2.32. The van der Waals surface area contributed by atoms with E-state index in [1.54, 1.807) is 6.07 Å². The number of hydrogen-bond acceptors (Lipinski definition) is 1. The molecule has 4 heteroatoms. The van der Waals surface area contributed by atoms with Crippen molar-refractivity contribution < 1.29 is 8.78 Å². The Morgan fingerprint density at radius 3 is 2.59 bits per heavy atom. The smallest absolute Gasteiger partial charge is 0.146 e. The molecule has 0 bridgehead atoms. The summed E-state index contributed by atoms with van der Waals surface area (Å²) in [6, 6.07) is 10.5. The summed E-state index contributed by atoms with van der Waals surface area (Å²) in [7, 11) is 0. The van der Waals surface area contributed by atoms with Gasteiger partial charge in [-0.25, -0.2) is 8.78 Å². The predicted molar refractivity (Wildman–Crippen MR) is 65.1 cm³/mol.